The highest BCUT2D eigenvalue weighted by molar-refractivity contribution is 7.99. The Hall–Kier alpha value is -3.17. The number of amides is 2. The third kappa shape index (κ3) is 7.51. The van der Waals surface area contributed by atoms with Crippen LogP contribution < -0.4 is 14.8 Å². The number of ether oxygens (including phenoxy) is 1. The number of halogens is 1. The van der Waals surface area contributed by atoms with Gasteiger partial charge in [0, 0.05) is 29.0 Å². The van der Waals surface area contributed by atoms with E-state index in [1.165, 1.54) is 0 Å². The number of carbonyl (C=O) groups excluding carboxylic acids is 2. The summed E-state index contributed by atoms with van der Waals surface area (Å²) in [6, 6.07) is 14.4. The lowest BCUT2D eigenvalue weighted by atomic mass is 10.2. The van der Waals surface area contributed by atoms with Gasteiger partial charge in [-0.3, -0.25) is 4.79 Å². The molecule has 2 aromatic carbocycles. The quantitative estimate of drug-likeness (QED) is 0.401. The van der Waals surface area contributed by atoms with Crippen molar-refractivity contribution in [2.75, 3.05) is 10.0 Å². The van der Waals surface area contributed by atoms with Crippen LogP contribution in [0.25, 0.3) is 0 Å². The maximum absolute atomic E-state index is 12.6. The van der Waals surface area contributed by atoms with Crippen molar-refractivity contribution < 1.29 is 14.3 Å². The molecule has 32 heavy (non-hydrogen) atoms. The minimum Gasteiger partial charge on any atom is -0.443 e. The smallest absolute Gasteiger partial charge is 0.419 e. The Balaban J connectivity index is 1.53. The van der Waals surface area contributed by atoms with Crippen molar-refractivity contribution in [2.45, 2.75) is 32.9 Å². The summed E-state index contributed by atoms with van der Waals surface area (Å²) < 4.78 is 12.5. The Bertz CT molecular complexity index is 1100. The molecule has 10 heteroatoms. The standard InChI is InChI=1S/C22H24ClN5O3S/c1-22(2,3)31-21(30)27-32-26-18-9-5-7-16(11-18)20(29)25-19-13-28(14-24-19)12-15-6-4-8-17(23)10-15/h4-11,13-14,26H,12H2,1-3H3,(H,25,29)(H,27,30). The number of carbonyl (C=O) groups is 2. The van der Waals surface area contributed by atoms with Gasteiger partial charge in [-0.2, -0.15) is 0 Å². The van der Waals surface area contributed by atoms with Gasteiger partial charge in [0.1, 0.15) is 5.60 Å². The third-order valence-corrected chi connectivity index (χ3v) is 4.80. The van der Waals surface area contributed by atoms with Crippen LogP contribution in [0.4, 0.5) is 16.3 Å². The van der Waals surface area contributed by atoms with Crippen LogP contribution in [0.3, 0.4) is 0 Å². The summed E-state index contributed by atoms with van der Waals surface area (Å²) >= 11 is 6.98. The molecule has 168 valence electrons. The van der Waals surface area contributed by atoms with Gasteiger partial charge in [-0.15, -0.1) is 0 Å². The zero-order valence-electron chi connectivity index (χ0n) is 17.9. The van der Waals surface area contributed by atoms with Crippen LogP contribution in [-0.4, -0.2) is 27.2 Å². The molecule has 0 saturated heterocycles. The van der Waals surface area contributed by atoms with E-state index in [2.05, 4.69) is 19.7 Å². The maximum Gasteiger partial charge on any atom is 0.419 e. The number of rotatable bonds is 7. The Morgan fingerprint density at radius 1 is 1.16 bits per heavy atom. The first-order chi connectivity index (χ1) is 15.2. The fraction of sp³-hybridized carbons (Fsp3) is 0.227. The first-order valence-corrected chi connectivity index (χ1v) is 11.0. The number of hydrogen-bond acceptors (Lipinski definition) is 6. The van der Waals surface area contributed by atoms with E-state index in [0.717, 1.165) is 17.7 Å². The molecular formula is C22H24ClN5O3S. The average Bonchev–Trinajstić information content (AvgIpc) is 3.13. The molecule has 1 aromatic heterocycles. The minimum absolute atomic E-state index is 0.299. The molecule has 0 aliphatic carbocycles. The first kappa shape index (κ1) is 23.5. The molecule has 0 unspecified atom stereocenters. The molecule has 0 fully saturated rings. The predicted octanol–water partition coefficient (Wildman–Crippen LogP) is 5.34. The van der Waals surface area contributed by atoms with Crippen LogP contribution in [0, 0.1) is 0 Å². The van der Waals surface area contributed by atoms with Crippen molar-refractivity contribution in [1.29, 1.82) is 0 Å². The maximum atomic E-state index is 12.6. The molecule has 3 rings (SSSR count). The Morgan fingerprint density at radius 3 is 2.69 bits per heavy atom. The molecule has 0 aliphatic heterocycles. The van der Waals surface area contributed by atoms with Gasteiger partial charge in [-0.1, -0.05) is 29.8 Å². The fourth-order valence-electron chi connectivity index (χ4n) is 2.69. The van der Waals surface area contributed by atoms with Crippen molar-refractivity contribution in [1.82, 2.24) is 14.3 Å². The van der Waals surface area contributed by atoms with Crippen LogP contribution in [0.2, 0.25) is 5.02 Å². The number of benzene rings is 2. The van der Waals surface area contributed by atoms with E-state index in [1.807, 2.05) is 28.8 Å². The monoisotopic (exact) mass is 473 g/mol. The van der Waals surface area contributed by atoms with E-state index in [0.29, 0.717) is 28.6 Å². The molecule has 0 bridgehead atoms. The van der Waals surface area contributed by atoms with Crippen LogP contribution in [0.1, 0.15) is 36.7 Å². The minimum atomic E-state index is -0.580. The highest BCUT2D eigenvalue weighted by Crippen LogP contribution is 2.17. The van der Waals surface area contributed by atoms with E-state index in [-0.39, 0.29) is 5.91 Å². The molecule has 2 amide bonds. The summed E-state index contributed by atoms with van der Waals surface area (Å²) in [6.45, 7) is 5.94. The van der Waals surface area contributed by atoms with Gasteiger partial charge in [0.25, 0.3) is 5.91 Å². The van der Waals surface area contributed by atoms with Crippen molar-refractivity contribution in [3.63, 3.8) is 0 Å². The van der Waals surface area contributed by atoms with Gasteiger partial charge in [-0.25, -0.2) is 14.5 Å². The van der Waals surface area contributed by atoms with E-state index in [4.69, 9.17) is 16.3 Å². The second-order valence-corrected chi connectivity index (χ2v) is 8.95. The van der Waals surface area contributed by atoms with Gasteiger partial charge < -0.3 is 19.3 Å². The molecule has 0 radical (unpaired) electrons. The average molecular weight is 474 g/mol. The van der Waals surface area contributed by atoms with Crippen LogP contribution in [-0.2, 0) is 11.3 Å². The Morgan fingerprint density at radius 2 is 1.94 bits per heavy atom. The third-order valence-electron chi connectivity index (χ3n) is 3.96. The van der Waals surface area contributed by atoms with E-state index in [1.54, 1.807) is 57.6 Å². The molecule has 3 aromatic rings. The van der Waals surface area contributed by atoms with Gasteiger partial charge in [0.15, 0.2) is 5.82 Å². The fourth-order valence-corrected chi connectivity index (χ4v) is 3.33. The van der Waals surface area contributed by atoms with Crippen molar-refractivity contribution in [3.8, 4) is 0 Å². The zero-order chi connectivity index (χ0) is 23.1. The number of anilines is 2. The summed E-state index contributed by atoms with van der Waals surface area (Å²) in [5.41, 5.74) is 1.54. The van der Waals surface area contributed by atoms with Crippen molar-refractivity contribution >= 4 is 47.2 Å². The number of aromatic nitrogens is 2. The molecular weight excluding hydrogens is 450 g/mol. The van der Waals surface area contributed by atoms with Gasteiger partial charge in [-0.05, 0) is 56.7 Å². The summed E-state index contributed by atoms with van der Waals surface area (Å²) in [5.74, 6) is 0.142. The lowest BCUT2D eigenvalue weighted by Crippen LogP contribution is -2.29. The molecule has 3 N–H and O–H groups in total. The van der Waals surface area contributed by atoms with Gasteiger partial charge in [0.2, 0.25) is 0 Å². The molecule has 8 nitrogen and oxygen atoms in total. The van der Waals surface area contributed by atoms with Crippen LogP contribution in [0.15, 0.2) is 61.1 Å². The van der Waals surface area contributed by atoms with Gasteiger partial charge >= 0.3 is 6.09 Å². The Kier molecular flexibility index (Phi) is 7.66. The normalized spacial score (nSPS) is 11.0. The second kappa shape index (κ2) is 10.4. The molecule has 1 heterocycles. The van der Waals surface area contributed by atoms with Crippen LogP contribution in [0.5, 0.6) is 0 Å². The predicted molar refractivity (Wildman–Crippen MR) is 128 cm³/mol. The molecule has 0 saturated carbocycles. The summed E-state index contributed by atoms with van der Waals surface area (Å²) in [6.07, 6.45) is 2.84. The number of nitrogens with zero attached hydrogens (tertiary/aromatic N) is 2. The van der Waals surface area contributed by atoms with Crippen molar-refractivity contribution in [2.24, 2.45) is 0 Å². The highest BCUT2D eigenvalue weighted by Gasteiger charge is 2.16. The molecule has 0 atom stereocenters. The summed E-state index contributed by atoms with van der Waals surface area (Å²) in [4.78, 5) is 28.5. The van der Waals surface area contributed by atoms with E-state index < -0.39 is 11.7 Å². The molecule has 0 spiro atoms. The zero-order valence-corrected chi connectivity index (χ0v) is 19.5. The number of imidazole rings is 1. The SMILES string of the molecule is CC(C)(C)OC(=O)NSNc1cccc(C(=O)Nc2cn(Cc3cccc(Cl)c3)cn2)c1. The Labute approximate surface area is 196 Å². The van der Waals surface area contributed by atoms with Crippen molar-refractivity contribution in [3.05, 3.63) is 77.2 Å². The second-order valence-electron chi connectivity index (χ2n) is 7.90. The van der Waals surface area contributed by atoms with E-state index >= 15 is 0 Å². The summed E-state index contributed by atoms with van der Waals surface area (Å²) in [7, 11) is 0. The molecule has 0 aliphatic rings. The topological polar surface area (TPSA) is 97.3 Å². The van der Waals surface area contributed by atoms with E-state index in [9.17, 15) is 9.59 Å². The largest absolute Gasteiger partial charge is 0.443 e. The lowest BCUT2D eigenvalue weighted by Gasteiger charge is -2.19. The highest BCUT2D eigenvalue weighted by atomic mass is 35.5. The summed E-state index contributed by atoms with van der Waals surface area (Å²) in [5, 5.41) is 3.45. The first-order valence-electron chi connectivity index (χ1n) is 9.76. The number of nitrogens with one attached hydrogen (secondary N) is 3. The van der Waals surface area contributed by atoms with Gasteiger partial charge in [0.05, 0.1) is 18.5 Å². The number of hydrogen-bond donors (Lipinski definition) is 3. The van der Waals surface area contributed by atoms with Crippen LogP contribution >= 0.6 is 23.7 Å². The lowest BCUT2D eigenvalue weighted by molar-refractivity contribution is 0.0574.